The molecule has 1 N–H and O–H groups in total. The molecule has 0 atom stereocenters. The van der Waals surface area contributed by atoms with E-state index in [0.717, 1.165) is 69.5 Å². The van der Waals surface area contributed by atoms with Crippen LogP contribution in [0.25, 0.3) is 5.57 Å². The molecule has 3 aromatic carbocycles. The molecule has 3 aromatic rings. The molecule has 0 bridgehead atoms. The summed E-state index contributed by atoms with van der Waals surface area (Å²) in [5.41, 5.74) is 7.87. The van der Waals surface area contributed by atoms with Crippen LogP contribution in [0.4, 0.5) is 0 Å². The van der Waals surface area contributed by atoms with Gasteiger partial charge in [-0.1, -0.05) is 43.3 Å². The SMILES string of the molecule is C=C(CCc1c(CO)ccc2c1CCC(C)(C)O2)c1ccc(OCCC)cc1CS(=O)(=O)c1c(C)cc(C)cc1C. The lowest BCUT2D eigenvalue weighted by molar-refractivity contribution is 0.0842. The first-order valence-corrected chi connectivity index (χ1v) is 16.2. The average Bonchev–Trinajstić information content (AvgIpc) is 2.88. The summed E-state index contributed by atoms with van der Waals surface area (Å²) in [6, 6.07) is 13.4. The van der Waals surface area contributed by atoms with E-state index in [0.29, 0.717) is 35.7 Å². The lowest BCUT2D eigenvalue weighted by Crippen LogP contribution is -2.33. The van der Waals surface area contributed by atoms with E-state index in [2.05, 4.69) is 20.4 Å². The predicted molar refractivity (Wildman–Crippen MR) is 167 cm³/mol. The van der Waals surface area contributed by atoms with E-state index in [1.54, 1.807) is 0 Å². The van der Waals surface area contributed by atoms with Crippen LogP contribution < -0.4 is 9.47 Å². The number of fused-ring (bicyclic) bond motifs is 1. The number of rotatable bonds is 11. The Balaban J connectivity index is 1.66. The van der Waals surface area contributed by atoms with Gasteiger partial charge in [0, 0.05) is 0 Å². The van der Waals surface area contributed by atoms with Crippen LogP contribution in [0, 0.1) is 20.8 Å². The molecule has 0 aliphatic carbocycles. The van der Waals surface area contributed by atoms with E-state index in [1.165, 1.54) is 0 Å². The Labute approximate surface area is 246 Å². The highest BCUT2D eigenvalue weighted by Crippen LogP contribution is 2.38. The number of benzene rings is 3. The van der Waals surface area contributed by atoms with Gasteiger partial charge in [0.15, 0.2) is 9.84 Å². The minimum atomic E-state index is -3.63. The first-order chi connectivity index (χ1) is 19.3. The molecule has 0 spiro atoms. The summed E-state index contributed by atoms with van der Waals surface area (Å²) in [4.78, 5) is 0.394. The Morgan fingerprint density at radius 2 is 1.76 bits per heavy atom. The monoisotopic (exact) mass is 576 g/mol. The van der Waals surface area contributed by atoms with Crippen molar-refractivity contribution in [1.29, 1.82) is 0 Å². The number of aryl methyl sites for hydroxylation is 3. The van der Waals surface area contributed by atoms with Crippen LogP contribution in [0.15, 0.2) is 53.9 Å². The molecule has 220 valence electrons. The number of sulfone groups is 1. The third-order valence-corrected chi connectivity index (χ3v) is 9.84. The molecule has 4 rings (SSSR count). The second-order valence-corrected chi connectivity index (χ2v) is 13.9. The zero-order valence-electron chi connectivity index (χ0n) is 25.4. The Hall–Kier alpha value is -3.09. The first-order valence-electron chi connectivity index (χ1n) is 14.5. The van der Waals surface area contributed by atoms with Gasteiger partial charge in [-0.2, -0.15) is 0 Å². The number of allylic oxidation sites excluding steroid dienone is 1. The Morgan fingerprint density at radius 3 is 2.41 bits per heavy atom. The molecule has 41 heavy (non-hydrogen) atoms. The number of hydrogen-bond acceptors (Lipinski definition) is 5. The maximum Gasteiger partial charge on any atom is 0.183 e. The van der Waals surface area contributed by atoms with Crippen molar-refractivity contribution in [2.75, 3.05) is 6.61 Å². The second kappa shape index (κ2) is 12.4. The standard InChI is InChI=1S/C35H44O5S/c1-8-17-39-29-11-13-30(28(20-29)22-41(37,38)34-25(4)18-23(2)19-26(34)5)24(3)9-12-31-27(21-36)10-14-33-32(31)15-16-35(6,7)40-33/h10-11,13-14,18-20,36H,3,8-9,12,15-17,21-22H2,1-2,4-7H3. The molecule has 6 heteroatoms. The van der Waals surface area contributed by atoms with Gasteiger partial charge >= 0.3 is 0 Å². The summed E-state index contributed by atoms with van der Waals surface area (Å²) in [6.45, 7) is 16.9. The molecule has 0 aromatic heterocycles. The van der Waals surface area contributed by atoms with Crippen LogP contribution in [-0.2, 0) is 35.0 Å². The molecule has 0 amide bonds. The van der Waals surface area contributed by atoms with Crippen LogP contribution in [-0.4, -0.2) is 25.7 Å². The highest BCUT2D eigenvalue weighted by Gasteiger charge is 2.29. The average molecular weight is 577 g/mol. The number of aliphatic hydroxyl groups is 1. The van der Waals surface area contributed by atoms with E-state index in [4.69, 9.17) is 9.47 Å². The molecular weight excluding hydrogens is 532 g/mol. The van der Waals surface area contributed by atoms with E-state index in [1.807, 2.05) is 70.2 Å². The summed E-state index contributed by atoms with van der Waals surface area (Å²) in [6.07, 6.45) is 3.96. The normalized spacial score (nSPS) is 14.3. The fourth-order valence-corrected chi connectivity index (χ4v) is 7.90. The summed E-state index contributed by atoms with van der Waals surface area (Å²) in [5.74, 6) is 1.40. The first kappa shape index (κ1) is 30.9. The zero-order valence-corrected chi connectivity index (χ0v) is 26.2. The van der Waals surface area contributed by atoms with E-state index < -0.39 is 9.84 Å². The van der Waals surface area contributed by atoms with E-state index in [9.17, 15) is 13.5 Å². The molecule has 0 saturated carbocycles. The van der Waals surface area contributed by atoms with Gasteiger partial charge in [0.2, 0.25) is 0 Å². The van der Waals surface area contributed by atoms with Crippen molar-refractivity contribution < 1.29 is 23.0 Å². The minimum Gasteiger partial charge on any atom is -0.494 e. The third kappa shape index (κ3) is 7.04. The number of aliphatic hydroxyl groups excluding tert-OH is 1. The van der Waals surface area contributed by atoms with Crippen molar-refractivity contribution in [3.05, 3.63) is 93.6 Å². The fourth-order valence-electron chi connectivity index (χ4n) is 6.01. The van der Waals surface area contributed by atoms with Gasteiger partial charge in [-0.25, -0.2) is 8.42 Å². The molecule has 0 saturated heterocycles. The molecule has 0 unspecified atom stereocenters. The van der Waals surface area contributed by atoms with E-state index >= 15 is 0 Å². The maximum atomic E-state index is 13.8. The molecule has 5 nitrogen and oxygen atoms in total. The Bertz CT molecular complexity index is 1530. The van der Waals surface area contributed by atoms with E-state index in [-0.39, 0.29) is 18.0 Å². The third-order valence-electron chi connectivity index (χ3n) is 7.89. The molecule has 0 fully saturated rings. The number of hydrogen-bond donors (Lipinski definition) is 1. The van der Waals surface area contributed by atoms with Gasteiger partial charge in [-0.3, -0.25) is 0 Å². The van der Waals surface area contributed by atoms with Gasteiger partial charge in [0.05, 0.1) is 23.9 Å². The van der Waals surface area contributed by atoms with Gasteiger partial charge < -0.3 is 14.6 Å². The van der Waals surface area contributed by atoms with Crippen molar-refractivity contribution in [2.45, 2.75) is 96.5 Å². The topological polar surface area (TPSA) is 72.8 Å². The van der Waals surface area contributed by atoms with Gasteiger partial charge in [0.25, 0.3) is 0 Å². The van der Waals surface area contributed by atoms with Crippen molar-refractivity contribution in [3.63, 3.8) is 0 Å². The lowest BCUT2D eigenvalue weighted by Gasteiger charge is -2.34. The number of ether oxygens (including phenoxy) is 2. The summed E-state index contributed by atoms with van der Waals surface area (Å²) in [5, 5.41) is 10.1. The van der Waals surface area contributed by atoms with Gasteiger partial charge in [-0.15, -0.1) is 0 Å². The summed E-state index contributed by atoms with van der Waals surface area (Å²) < 4.78 is 39.8. The molecule has 1 heterocycles. The van der Waals surface area contributed by atoms with Crippen molar-refractivity contribution in [3.8, 4) is 11.5 Å². The van der Waals surface area contributed by atoms with Crippen molar-refractivity contribution in [1.82, 2.24) is 0 Å². The van der Waals surface area contributed by atoms with Crippen molar-refractivity contribution in [2.24, 2.45) is 0 Å². The lowest BCUT2D eigenvalue weighted by atomic mass is 9.86. The minimum absolute atomic E-state index is 0.0410. The van der Waals surface area contributed by atoms with Crippen LogP contribution in [0.3, 0.4) is 0 Å². The smallest absolute Gasteiger partial charge is 0.183 e. The van der Waals surface area contributed by atoms with Gasteiger partial charge in [0.1, 0.15) is 17.1 Å². The predicted octanol–water partition coefficient (Wildman–Crippen LogP) is 7.62. The molecular formula is C35H44O5S. The van der Waals surface area contributed by atoms with Crippen LogP contribution >= 0.6 is 0 Å². The summed E-state index contributed by atoms with van der Waals surface area (Å²) >= 11 is 0. The Kier molecular flexibility index (Phi) is 9.35. The summed E-state index contributed by atoms with van der Waals surface area (Å²) in [7, 11) is -3.63. The highest BCUT2D eigenvalue weighted by atomic mass is 32.2. The van der Waals surface area contributed by atoms with Crippen molar-refractivity contribution >= 4 is 15.4 Å². The fraction of sp³-hybridized carbons (Fsp3) is 0.429. The van der Waals surface area contributed by atoms with Crippen LogP contribution in [0.5, 0.6) is 11.5 Å². The maximum absolute atomic E-state index is 13.8. The molecule has 0 radical (unpaired) electrons. The quantitative estimate of drug-likeness (QED) is 0.254. The van der Waals surface area contributed by atoms with Gasteiger partial charge in [-0.05, 0) is 129 Å². The second-order valence-electron chi connectivity index (χ2n) is 12.0. The van der Waals surface area contributed by atoms with Crippen LogP contribution in [0.2, 0.25) is 0 Å². The largest absolute Gasteiger partial charge is 0.494 e. The zero-order chi connectivity index (χ0) is 29.9. The van der Waals surface area contributed by atoms with Crippen LogP contribution in [0.1, 0.15) is 84.5 Å². The highest BCUT2D eigenvalue weighted by molar-refractivity contribution is 7.90. The Morgan fingerprint density at radius 1 is 1.05 bits per heavy atom. The molecule has 1 aliphatic rings. The molecule has 1 aliphatic heterocycles.